The van der Waals surface area contributed by atoms with E-state index in [2.05, 4.69) is 5.32 Å². The van der Waals surface area contributed by atoms with Gasteiger partial charge in [0.25, 0.3) is 0 Å². The van der Waals surface area contributed by atoms with Crippen molar-refractivity contribution >= 4 is 28.7 Å². The number of benzene rings is 6. The Morgan fingerprint density at radius 2 is 1.13 bits per heavy atom. The number of hydrogen-bond donors (Lipinski definition) is 2. The SMILES string of the molecule is O=C(OCc1ccccc1)C(CCc1ccccc1)CN(Cc1ccccc1)C(=O)N[C@@](Cc1ccccc1)(Cc1ccc2ccccc2c1)C(=O)O. The van der Waals surface area contributed by atoms with Crippen LogP contribution >= 0.6 is 0 Å². The van der Waals surface area contributed by atoms with Crippen LogP contribution in [-0.2, 0) is 46.7 Å². The number of amides is 2. The fourth-order valence-corrected chi connectivity index (χ4v) is 6.69. The molecule has 0 saturated carbocycles. The predicted molar refractivity (Wildman–Crippen MR) is 208 cm³/mol. The zero-order chi connectivity index (χ0) is 36.9. The monoisotopic (exact) mass is 704 g/mol. The van der Waals surface area contributed by atoms with E-state index in [1.807, 2.05) is 164 Å². The average Bonchev–Trinajstić information content (AvgIpc) is 3.19. The van der Waals surface area contributed by atoms with Gasteiger partial charge in [0, 0.05) is 25.9 Å². The average molecular weight is 705 g/mol. The van der Waals surface area contributed by atoms with E-state index in [-0.39, 0.29) is 32.5 Å². The molecule has 0 aliphatic carbocycles. The lowest BCUT2D eigenvalue weighted by atomic mass is 9.84. The van der Waals surface area contributed by atoms with Crippen molar-refractivity contribution in [2.45, 2.75) is 44.4 Å². The number of carboxylic acids is 1. The van der Waals surface area contributed by atoms with E-state index in [0.717, 1.165) is 38.6 Å². The molecule has 6 rings (SSSR count). The number of hydrogen-bond acceptors (Lipinski definition) is 4. The van der Waals surface area contributed by atoms with Gasteiger partial charge in [-0.3, -0.25) is 4.79 Å². The molecule has 0 fully saturated rings. The summed E-state index contributed by atoms with van der Waals surface area (Å²) in [5.41, 5.74) is 2.62. The molecular formula is C46H44N2O5. The van der Waals surface area contributed by atoms with Crippen molar-refractivity contribution < 1.29 is 24.2 Å². The van der Waals surface area contributed by atoms with Gasteiger partial charge in [-0.1, -0.05) is 164 Å². The van der Waals surface area contributed by atoms with Crippen molar-refractivity contribution in [2.75, 3.05) is 6.54 Å². The van der Waals surface area contributed by atoms with Gasteiger partial charge < -0.3 is 20.1 Å². The third-order valence-corrected chi connectivity index (χ3v) is 9.55. The first-order chi connectivity index (χ1) is 25.9. The number of esters is 1. The maximum absolute atomic E-state index is 14.7. The highest BCUT2D eigenvalue weighted by molar-refractivity contribution is 5.88. The van der Waals surface area contributed by atoms with Crippen molar-refractivity contribution in [3.05, 3.63) is 192 Å². The van der Waals surface area contributed by atoms with E-state index in [1.54, 1.807) is 4.90 Å². The molecule has 0 saturated heterocycles. The van der Waals surface area contributed by atoms with Gasteiger partial charge in [0.1, 0.15) is 12.1 Å². The minimum atomic E-state index is -1.71. The Labute approximate surface area is 310 Å². The van der Waals surface area contributed by atoms with Gasteiger partial charge >= 0.3 is 18.0 Å². The van der Waals surface area contributed by atoms with E-state index in [9.17, 15) is 19.5 Å². The second kappa shape index (κ2) is 17.8. The third-order valence-electron chi connectivity index (χ3n) is 9.55. The number of fused-ring (bicyclic) bond motifs is 1. The third kappa shape index (κ3) is 10.2. The van der Waals surface area contributed by atoms with E-state index in [1.165, 1.54) is 0 Å². The first kappa shape index (κ1) is 36.6. The molecule has 0 radical (unpaired) electrons. The lowest BCUT2D eigenvalue weighted by Gasteiger charge is -2.35. The first-order valence-electron chi connectivity index (χ1n) is 18.0. The molecule has 1 unspecified atom stereocenters. The van der Waals surface area contributed by atoms with E-state index in [0.29, 0.717) is 12.8 Å². The van der Waals surface area contributed by atoms with Gasteiger partial charge in [0.2, 0.25) is 0 Å². The highest BCUT2D eigenvalue weighted by Crippen LogP contribution is 2.25. The van der Waals surface area contributed by atoms with Crippen molar-refractivity contribution in [1.82, 2.24) is 10.2 Å². The topological polar surface area (TPSA) is 95.9 Å². The fraction of sp³-hybridized carbons (Fsp3) is 0.196. The number of carboxylic acid groups (broad SMARTS) is 1. The number of aryl methyl sites for hydroxylation is 1. The second-order valence-corrected chi connectivity index (χ2v) is 13.5. The first-order valence-corrected chi connectivity index (χ1v) is 18.0. The van der Waals surface area contributed by atoms with Crippen LogP contribution in [0.1, 0.15) is 34.2 Å². The van der Waals surface area contributed by atoms with E-state index >= 15 is 0 Å². The van der Waals surface area contributed by atoms with Gasteiger partial charge in [-0.25, -0.2) is 9.59 Å². The number of urea groups is 1. The number of carbonyl (C=O) groups is 3. The Balaban J connectivity index is 1.32. The maximum Gasteiger partial charge on any atom is 0.330 e. The van der Waals surface area contributed by atoms with Crippen LogP contribution in [0, 0.1) is 5.92 Å². The summed E-state index contributed by atoms with van der Waals surface area (Å²) in [7, 11) is 0. The molecule has 2 atom stereocenters. The zero-order valence-electron chi connectivity index (χ0n) is 29.6. The molecule has 2 N–H and O–H groups in total. The van der Waals surface area contributed by atoms with Crippen LogP contribution in [0.15, 0.2) is 164 Å². The molecule has 6 aromatic carbocycles. The van der Waals surface area contributed by atoms with E-state index in [4.69, 9.17) is 4.74 Å². The molecule has 53 heavy (non-hydrogen) atoms. The van der Waals surface area contributed by atoms with Crippen molar-refractivity contribution in [3.63, 3.8) is 0 Å². The van der Waals surface area contributed by atoms with Gasteiger partial charge in [-0.15, -0.1) is 0 Å². The lowest BCUT2D eigenvalue weighted by Crippen LogP contribution is -2.61. The van der Waals surface area contributed by atoms with E-state index < -0.39 is 29.4 Å². The zero-order valence-corrected chi connectivity index (χ0v) is 29.6. The largest absolute Gasteiger partial charge is 0.479 e. The Hall–Kier alpha value is -6.21. The van der Waals surface area contributed by atoms with Crippen LogP contribution in [0.5, 0.6) is 0 Å². The van der Waals surface area contributed by atoms with Crippen LogP contribution in [0.3, 0.4) is 0 Å². The summed E-state index contributed by atoms with van der Waals surface area (Å²) in [6.07, 6.45) is 1.13. The quantitative estimate of drug-likeness (QED) is 0.0984. The lowest BCUT2D eigenvalue weighted by molar-refractivity contribution is -0.151. The molecule has 6 aromatic rings. The number of ether oxygens (including phenoxy) is 1. The summed E-state index contributed by atoms with van der Waals surface area (Å²) in [6.45, 7) is 0.299. The van der Waals surface area contributed by atoms with Gasteiger partial charge in [0.05, 0.1) is 5.92 Å². The molecule has 0 aliphatic rings. The molecule has 7 heteroatoms. The Bertz CT molecular complexity index is 2090. The molecular weight excluding hydrogens is 661 g/mol. The Morgan fingerprint density at radius 3 is 1.75 bits per heavy atom. The summed E-state index contributed by atoms with van der Waals surface area (Å²) in [5.74, 6) is -2.24. The van der Waals surface area contributed by atoms with Gasteiger partial charge in [-0.05, 0) is 51.4 Å². The molecule has 0 heterocycles. The maximum atomic E-state index is 14.7. The summed E-state index contributed by atoms with van der Waals surface area (Å²) < 4.78 is 5.85. The summed E-state index contributed by atoms with van der Waals surface area (Å²) >= 11 is 0. The Kier molecular flexibility index (Phi) is 12.3. The second-order valence-electron chi connectivity index (χ2n) is 13.5. The molecule has 7 nitrogen and oxygen atoms in total. The summed E-state index contributed by atoms with van der Waals surface area (Å²) in [6, 6.07) is 51.4. The predicted octanol–water partition coefficient (Wildman–Crippen LogP) is 8.65. The number of nitrogens with zero attached hydrogens (tertiary/aromatic N) is 1. The van der Waals surface area contributed by atoms with Crippen molar-refractivity contribution in [3.8, 4) is 0 Å². The summed E-state index contributed by atoms with van der Waals surface area (Å²) in [5, 5.41) is 16.1. The van der Waals surface area contributed by atoms with Crippen molar-refractivity contribution in [1.29, 1.82) is 0 Å². The minimum absolute atomic E-state index is 0.0260. The number of aliphatic carboxylic acids is 1. The highest BCUT2D eigenvalue weighted by atomic mass is 16.5. The van der Waals surface area contributed by atoms with Crippen molar-refractivity contribution in [2.24, 2.45) is 5.92 Å². The van der Waals surface area contributed by atoms with Crippen LogP contribution in [0.2, 0.25) is 0 Å². The molecule has 0 bridgehead atoms. The molecule has 2 amide bonds. The van der Waals surface area contributed by atoms with Crippen LogP contribution in [0.4, 0.5) is 4.79 Å². The number of nitrogens with one attached hydrogen (secondary N) is 1. The van der Waals surface area contributed by atoms with Crippen LogP contribution < -0.4 is 5.32 Å². The van der Waals surface area contributed by atoms with Crippen LogP contribution in [-0.4, -0.2) is 40.1 Å². The molecule has 268 valence electrons. The molecule has 0 aromatic heterocycles. The number of carbonyl (C=O) groups excluding carboxylic acids is 2. The smallest absolute Gasteiger partial charge is 0.330 e. The fourth-order valence-electron chi connectivity index (χ4n) is 6.69. The standard InChI is InChI=1S/C46H44N2O5/c49-43(53-34-38-21-11-4-12-22-38)42(28-25-35-15-5-1-6-16-35)33-48(32-37-19-9-3-10-20-37)45(52)47-46(44(50)51,30-36-17-7-2-8-18-36)31-39-26-27-40-23-13-14-24-41(40)29-39/h1-24,26-27,29,42H,25,28,30-34H2,(H,47,52)(H,50,51)/t42?,46-/m0/s1. The minimum Gasteiger partial charge on any atom is -0.479 e. The number of rotatable bonds is 16. The van der Waals surface area contributed by atoms with Crippen LogP contribution in [0.25, 0.3) is 10.8 Å². The highest BCUT2D eigenvalue weighted by Gasteiger charge is 2.42. The normalized spacial score (nSPS) is 12.7. The summed E-state index contributed by atoms with van der Waals surface area (Å²) in [4.78, 5) is 43.6. The molecule has 0 aliphatic heterocycles. The molecule has 0 spiro atoms. The van der Waals surface area contributed by atoms with Gasteiger partial charge in [-0.2, -0.15) is 0 Å². The van der Waals surface area contributed by atoms with Gasteiger partial charge in [0.15, 0.2) is 0 Å². The Morgan fingerprint density at radius 1 is 0.604 bits per heavy atom.